The molecule has 0 radical (unpaired) electrons. The van der Waals surface area contributed by atoms with Gasteiger partial charge in [0, 0.05) is 12.1 Å². The van der Waals surface area contributed by atoms with Gasteiger partial charge in [0.2, 0.25) is 0 Å². The number of esters is 1. The van der Waals surface area contributed by atoms with Crippen LogP contribution in [0.15, 0.2) is 24.3 Å². The van der Waals surface area contributed by atoms with E-state index in [0.717, 1.165) is 12.1 Å². The van der Waals surface area contributed by atoms with Gasteiger partial charge in [-0.15, -0.1) is 0 Å². The van der Waals surface area contributed by atoms with Crippen LogP contribution in [-0.2, 0) is 14.3 Å². The van der Waals surface area contributed by atoms with Gasteiger partial charge in [0.05, 0.1) is 12.5 Å². The Bertz CT molecular complexity index is 653. The number of nitrogens with zero attached hydrogens (tertiary/aromatic N) is 1. The smallest absolute Gasteiger partial charge is 0.329 e. The molecule has 0 aliphatic heterocycles. The Morgan fingerprint density at radius 2 is 1.88 bits per heavy atom. The normalized spacial score (nSPS) is 11.3. The second-order valence-corrected chi connectivity index (χ2v) is 5.57. The Morgan fingerprint density at radius 1 is 1.24 bits per heavy atom. The molecule has 0 aliphatic rings. The highest BCUT2D eigenvalue weighted by Gasteiger charge is 2.26. The number of halogens is 1. The van der Waals surface area contributed by atoms with E-state index >= 15 is 0 Å². The van der Waals surface area contributed by atoms with E-state index in [2.05, 4.69) is 10.6 Å². The lowest BCUT2D eigenvalue weighted by Gasteiger charge is -2.20. The van der Waals surface area contributed by atoms with Crippen molar-refractivity contribution in [1.82, 2.24) is 10.6 Å². The molecule has 1 aromatic carbocycles. The molecule has 2 N–H and O–H groups in total. The van der Waals surface area contributed by atoms with Crippen molar-refractivity contribution in [2.24, 2.45) is 5.92 Å². The first-order valence-corrected chi connectivity index (χ1v) is 7.72. The van der Waals surface area contributed by atoms with E-state index in [1.165, 1.54) is 12.1 Å². The van der Waals surface area contributed by atoms with Crippen molar-refractivity contribution < 1.29 is 23.5 Å². The van der Waals surface area contributed by atoms with E-state index in [0.29, 0.717) is 0 Å². The molecule has 0 bridgehead atoms. The summed E-state index contributed by atoms with van der Waals surface area (Å²) in [5.41, 5.74) is 0.203. The summed E-state index contributed by atoms with van der Waals surface area (Å²) < 4.78 is 17.8. The van der Waals surface area contributed by atoms with Crippen molar-refractivity contribution in [3.05, 3.63) is 35.6 Å². The number of amides is 2. The minimum Gasteiger partial charge on any atom is -0.454 e. The van der Waals surface area contributed by atoms with Crippen LogP contribution in [-0.4, -0.2) is 37.0 Å². The lowest BCUT2D eigenvalue weighted by atomic mass is 10.0. The quantitative estimate of drug-likeness (QED) is 0.541. The van der Waals surface area contributed by atoms with Crippen LogP contribution in [0.2, 0.25) is 0 Å². The highest BCUT2D eigenvalue weighted by Crippen LogP contribution is 2.08. The van der Waals surface area contributed by atoms with Crippen LogP contribution in [0.25, 0.3) is 0 Å². The summed E-state index contributed by atoms with van der Waals surface area (Å²) in [4.78, 5) is 35.7. The Hall–Kier alpha value is -2.95. The van der Waals surface area contributed by atoms with Gasteiger partial charge in [-0.2, -0.15) is 5.26 Å². The fourth-order valence-corrected chi connectivity index (χ4v) is 1.86. The van der Waals surface area contributed by atoms with Gasteiger partial charge in [-0.3, -0.25) is 9.59 Å². The topological polar surface area (TPSA) is 108 Å². The number of hydrogen-bond acceptors (Lipinski definition) is 5. The Balaban J connectivity index is 2.59. The molecule has 1 rings (SSSR count). The molecule has 0 saturated carbocycles. The number of ether oxygens (including phenoxy) is 1. The van der Waals surface area contributed by atoms with Crippen molar-refractivity contribution in [1.29, 1.82) is 5.26 Å². The first kappa shape index (κ1) is 20.1. The summed E-state index contributed by atoms with van der Waals surface area (Å²) in [5.74, 6) is -2.58. The van der Waals surface area contributed by atoms with E-state index in [1.807, 2.05) is 6.07 Å². The van der Waals surface area contributed by atoms with Gasteiger partial charge in [0.15, 0.2) is 6.61 Å². The molecular weight excluding hydrogens is 329 g/mol. The van der Waals surface area contributed by atoms with Crippen molar-refractivity contribution in [3.63, 3.8) is 0 Å². The number of benzene rings is 1. The molecule has 1 atom stereocenters. The van der Waals surface area contributed by atoms with Gasteiger partial charge in [0.25, 0.3) is 11.8 Å². The molecule has 134 valence electrons. The summed E-state index contributed by atoms with van der Waals surface area (Å²) in [6.07, 6.45) is 0.155. The van der Waals surface area contributed by atoms with Crippen LogP contribution in [0.1, 0.15) is 30.6 Å². The Kier molecular flexibility index (Phi) is 8.06. The predicted octanol–water partition coefficient (Wildman–Crippen LogP) is 1.15. The van der Waals surface area contributed by atoms with Crippen LogP contribution in [0.3, 0.4) is 0 Å². The minimum atomic E-state index is -0.954. The Labute approximate surface area is 145 Å². The lowest BCUT2D eigenvalue weighted by Crippen LogP contribution is -2.46. The molecular formula is C17H20FN3O4. The standard InChI is InChI=1S/C17H20FN3O4/c1-11(2)15(17(24)25-10-14(22)20-9-3-8-19)21-16(23)12-4-6-13(18)7-5-12/h4-7,11,15H,3,9-10H2,1-2H3,(H,20,22)(H,21,23)/t15-/m0/s1. The fourth-order valence-electron chi connectivity index (χ4n) is 1.86. The summed E-state index contributed by atoms with van der Waals surface area (Å²) in [7, 11) is 0. The van der Waals surface area contributed by atoms with Crippen LogP contribution in [0.4, 0.5) is 4.39 Å². The maximum atomic E-state index is 12.9. The zero-order chi connectivity index (χ0) is 18.8. The summed E-state index contributed by atoms with van der Waals surface area (Å²) >= 11 is 0. The van der Waals surface area contributed by atoms with Gasteiger partial charge in [-0.05, 0) is 30.2 Å². The zero-order valence-electron chi connectivity index (χ0n) is 14.0. The van der Waals surface area contributed by atoms with Crippen LogP contribution < -0.4 is 10.6 Å². The first-order valence-electron chi connectivity index (χ1n) is 7.72. The molecule has 0 fully saturated rings. The SMILES string of the molecule is CC(C)[C@H](NC(=O)c1ccc(F)cc1)C(=O)OCC(=O)NCCC#N. The van der Waals surface area contributed by atoms with Crippen molar-refractivity contribution >= 4 is 17.8 Å². The number of carbonyl (C=O) groups excluding carboxylic acids is 3. The number of nitrogens with one attached hydrogen (secondary N) is 2. The van der Waals surface area contributed by atoms with Gasteiger partial charge in [-0.25, -0.2) is 9.18 Å². The second-order valence-electron chi connectivity index (χ2n) is 5.57. The monoisotopic (exact) mass is 349 g/mol. The van der Waals surface area contributed by atoms with Crippen LogP contribution in [0.5, 0.6) is 0 Å². The van der Waals surface area contributed by atoms with Crippen LogP contribution in [0, 0.1) is 23.1 Å². The zero-order valence-corrected chi connectivity index (χ0v) is 14.0. The van der Waals surface area contributed by atoms with E-state index in [1.54, 1.807) is 13.8 Å². The van der Waals surface area contributed by atoms with E-state index in [9.17, 15) is 18.8 Å². The molecule has 25 heavy (non-hydrogen) atoms. The van der Waals surface area contributed by atoms with E-state index in [4.69, 9.17) is 10.00 Å². The van der Waals surface area contributed by atoms with Gasteiger partial charge in [-0.1, -0.05) is 13.8 Å². The molecule has 8 heteroatoms. The maximum absolute atomic E-state index is 12.9. The number of rotatable bonds is 8. The summed E-state index contributed by atoms with van der Waals surface area (Å²) in [6.45, 7) is 3.09. The molecule has 0 spiro atoms. The van der Waals surface area contributed by atoms with Crippen molar-refractivity contribution in [2.75, 3.05) is 13.2 Å². The lowest BCUT2D eigenvalue weighted by molar-refractivity contribution is -0.151. The Morgan fingerprint density at radius 3 is 2.44 bits per heavy atom. The van der Waals surface area contributed by atoms with Gasteiger partial charge >= 0.3 is 5.97 Å². The number of nitriles is 1. The maximum Gasteiger partial charge on any atom is 0.329 e. The number of carbonyl (C=O) groups is 3. The third kappa shape index (κ3) is 6.99. The van der Waals surface area contributed by atoms with Gasteiger partial charge in [0.1, 0.15) is 11.9 Å². The van der Waals surface area contributed by atoms with Crippen molar-refractivity contribution in [2.45, 2.75) is 26.3 Å². The largest absolute Gasteiger partial charge is 0.454 e. The highest BCUT2D eigenvalue weighted by molar-refractivity contribution is 5.97. The molecule has 0 heterocycles. The third-order valence-electron chi connectivity index (χ3n) is 3.22. The molecule has 2 amide bonds. The molecule has 0 saturated heterocycles. The minimum absolute atomic E-state index is 0.155. The molecule has 7 nitrogen and oxygen atoms in total. The van der Waals surface area contributed by atoms with Gasteiger partial charge < -0.3 is 15.4 Å². The molecule has 0 unspecified atom stereocenters. The van der Waals surface area contributed by atoms with Crippen LogP contribution >= 0.6 is 0 Å². The van der Waals surface area contributed by atoms with Crippen molar-refractivity contribution in [3.8, 4) is 6.07 Å². The number of hydrogen-bond donors (Lipinski definition) is 2. The average molecular weight is 349 g/mol. The van der Waals surface area contributed by atoms with E-state index < -0.39 is 36.2 Å². The summed E-state index contributed by atoms with van der Waals surface area (Å²) in [6, 6.07) is 5.80. The fraction of sp³-hybridized carbons (Fsp3) is 0.412. The predicted molar refractivity (Wildman–Crippen MR) is 86.7 cm³/mol. The average Bonchev–Trinajstić information content (AvgIpc) is 2.58. The summed E-state index contributed by atoms with van der Waals surface area (Å²) in [5, 5.41) is 13.3. The second kappa shape index (κ2) is 10.0. The third-order valence-corrected chi connectivity index (χ3v) is 3.22. The first-order chi connectivity index (χ1) is 11.8. The molecule has 0 aliphatic carbocycles. The van der Waals surface area contributed by atoms with E-state index in [-0.39, 0.29) is 24.4 Å². The molecule has 1 aromatic rings. The highest BCUT2D eigenvalue weighted by atomic mass is 19.1. The molecule has 0 aromatic heterocycles.